The minimum atomic E-state index is -1.34. The maximum atomic E-state index is 10.6. The van der Waals surface area contributed by atoms with E-state index in [4.69, 9.17) is 10.8 Å². The second-order valence-electron chi connectivity index (χ2n) is 2.26. The van der Waals surface area contributed by atoms with Crippen LogP contribution in [0.5, 0.6) is 0 Å². The molecule has 0 aliphatic carbocycles. The molecule has 1 heterocycles. The number of hydrogen-bond donors (Lipinski definition) is 3. The Morgan fingerprint density at radius 3 is 2.69 bits per heavy atom. The van der Waals surface area contributed by atoms with Gasteiger partial charge in [-0.25, -0.2) is 4.79 Å². The number of nitrogens with zero attached hydrogens (tertiary/aromatic N) is 1. The predicted molar refractivity (Wildman–Crippen MR) is 42.2 cm³/mol. The summed E-state index contributed by atoms with van der Waals surface area (Å²) in [5.74, 6) is -2.43. The normalized spacial score (nSPS) is 9.62. The van der Waals surface area contributed by atoms with Gasteiger partial charge in [0, 0.05) is 6.92 Å². The van der Waals surface area contributed by atoms with Gasteiger partial charge in [-0.3, -0.25) is 4.79 Å². The third kappa shape index (κ3) is 1.75. The van der Waals surface area contributed by atoms with Crippen molar-refractivity contribution in [2.75, 3.05) is 11.1 Å². The highest BCUT2D eigenvalue weighted by atomic mass is 16.5. The van der Waals surface area contributed by atoms with Crippen molar-refractivity contribution in [3.05, 3.63) is 5.76 Å². The molecule has 4 N–H and O–H groups in total. The van der Waals surface area contributed by atoms with E-state index < -0.39 is 17.6 Å². The van der Waals surface area contributed by atoms with E-state index in [0.29, 0.717) is 0 Å². The van der Waals surface area contributed by atoms with Crippen LogP contribution in [0.4, 0.5) is 11.5 Å². The number of hydrogen-bond acceptors (Lipinski definition) is 5. The van der Waals surface area contributed by atoms with E-state index in [1.165, 1.54) is 6.92 Å². The van der Waals surface area contributed by atoms with Gasteiger partial charge in [-0.15, -0.1) is 0 Å². The molecule has 0 unspecified atom stereocenters. The Morgan fingerprint density at radius 1 is 1.62 bits per heavy atom. The molecular formula is C6H7N3O4. The molecule has 7 nitrogen and oxygen atoms in total. The third-order valence-corrected chi connectivity index (χ3v) is 1.21. The number of anilines is 2. The highest BCUT2D eigenvalue weighted by Gasteiger charge is 2.20. The average Bonchev–Trinajstić information content (AvgIpc) is 2.32. The first-order valence-corrected chi connectivity index (χ1v) is 3.28. The highest BCUT2D eigenvalue weighted by Crippen LogP contribution is 2.22. The summed E-state index contributed by atoms with van der Waals surface area (Å²) in [7, 11) is 0. The summed E-state index contributed by atoms with van der Waals surface area (Å²) in [6.07, 6.45) is 0. The first kappa shape index (κ1) is 9.04. The molecule has 13 heavy (non-hydrogen) atoms. The van der Waals surface area contributed by atoms with Crippen molar-refractivity contribution in [3.8, 4) is 0 Å². The molecule has 0 fully saturated rings. The zero-order valence-corrected chi connectivity index (χ0v) is 6.70. The molecule has 70 valence electrons. The van der Waals surface area contributed by atoms with Gasteiger partial charge in [0.05, 0.1) is 0 Å². The number of nitrogens with two attached hydrogens (primary N) is 1. The van der Waals surface area contributed by atoms with Crippen molar-refractivity contribution in [2.24, 2.45) is 0 Å². The summed E-state index contributed by atoms with van der Waals surface area (Å²) in [6.45, 7) is 1.22. The van der Waals surface area contributed by atoms with Crippen LogP contribution in [0.2, 0.25) is 0 Å². The highest BCUT2D eigenvalue weighted by molar-refractivity contribution is 6.00. The molecule has 1 rings (SSSR count). The molecule has 0 aromatic carbocycles. The van der Waals surface area contributed by atoms with Crippen LogP contribution in [0.15, 0.2) is 4.52 Å². The number of carbonyl (C=O) groups excluding carboxylic acids is 1. The molecule has 0 radical (unpaired) electrons. The van der Waals surface area contributed by atoms with Crippen LogP contribution in [0, 0.1) is 0 Å². The second-order valence-corrected chi connectivity index (χ2v) is 2.26. The van der Waals surface area contributed by atoms with E-state index in [9.17, 15) is 9.59 Å². The van der Waals surface area contributed by atoms with Gasteiger partial charge >= 0.3 is 5.97 Å². The Kier molecular flexibility index (Phi) is 2.18. The number of rotatable bonds is 2. The van der Waals surface area contributed by atoms with Crippen molar-refractivity contribution in [1.29, 1.82) is 0 Å². The van der Waals surface area contributed by atoms with Crippen molar-refractivity contribution in [2.45, 2.75) is 6.92 Å². The van der Waals surface area contributed by atoms with E-state index in [1.54, 1.807) is 0 Å². The number of carboxylic acid groups (broad SMARTS) is 1. The maximum Gasteiger partial charge on any atom is 0.377 e. The number of carboxylic acids is 1. The summed E-state index contributed by atoms with van der Waals surface area (Å²) >= 11 is 0. The smallest absolute Gasteiger partial charge is 0.377 e. The van der Waals surface area contributed by atoms with Crippen LogP contribution in [-0.2, 0) is 4.79 Å². The molecule has 0 bridgehead atoms. The van der Waals surface area contributed by atoms with E-state index in [0.717, 1.165) is 0 Å². The predicted octanol–water partition coefficient (Wildman–Crippen LogP) is -0.0866. The maximum absolute atomic E-state index is 10.6. The summed E-state index contributed by atoms with van der Waals surface area (Å²) in [5, 5.41) is 14.0. The number of nitrogens with one attached hydrogen (secondary N) is 1. The molecule has 0 saturated carbocycles. The van der Waals surface area contributed by atoms with Crippen molar-refractivity contribution in [3.63, 3.8) is 0 Å². The monoisotopic (exact) mass is 185 g/mol. The lowest BCUT2D eigenvalue weighted by atomic mass is 10.3. The van der Waals surface area contributed by atoms with Crippen LogP contribution in [0.25, 0.3) is 0 Å². The number of aromatic carboxylic acids is 1. The second kappa shape index (κ2) is 3.13. The molecule has 0 saturated heterocycles. The zero-order valence-electron chi connectivity index (χ0n) is 6.70. The fourth-order valence-electron chi connectivity index (χ4n) is 0.745. The van der Waals surface area contributed by atoms with Crippen LogP contribution < -0.4 is 11.1 Å². The van der Waals surface area contributed by atoms with Gasteiger partial charge in [-0.1, -0.05) is 5.16 Å². The Hall–Kier alpha value is -2.05. The SMILES string of the molecule is CC(=O)Nc1c(N)noc1C(=O)O. The third-order valence-electron chi connectivity index (χ3n) is 1.21. The van der Waals surface area contributed by atoms with Gasteiger partial charge in [0.25, 0.3) is 5.76 Å². The lowest BCUT2D eigenvalue weighted by Crippen LogP contribution is -2.10. The molecule has 1 amide bonds. The lowest BCUT2D eigenvalue weighted by Gasteiger charge is -1.97. The largest absolute Gasteiger partial charge is 0.475 e. The lowest BCUT2D eigenvalue weighted by molar-refractivity contribution is -0.114. The molecule has 1 aromatic rings. The molecule has 0 aliphatic heterocycles. The van der Waals surface area contributed by atoms with E-state index in [1.807, 2.05) is 0 Å². The minimum Gasteiger partial charge on any atom is -0.475 e. The van der Waals surface area contributed by atoms with E-state index in [2.05, 4.69) is 15.0 Å². The summed E-state index contributed by atoms with van der Waals surface area (Å²) < 4.78 is 4.37. The molecular weight excluding hydrogens is 178 g/mol. The first-order valence-electron chi connectivity index (χ1n) is 3.28. The number of amides is 1. The zero-order chi connectivity index (χ0) is 10.0. The van der Waals surface area contributed by atoms with Gasteiger partial charge in [0.15, 0.2) is 5.82 Å². The molecule has 1 aromatic heterocycles. The molecule has 0 aliphatic rings. The number of nitrogen functional groups attached to an aromatic ring is 1. The van der Waals surface area contributed by atoms with E-state index in [-0.39, 0.29) is 11.5 Å². The molecule has 7 heteroatoms. The fourth-order valence-corrected chi connectivity index (χ4v) is 0.745. The van der Waals surface area contributed by atoms with Gasteiger partial charge < -0.3 is 20.7 Å². The van der Waals surface area contributed by atoms with Gasteiger partial charge in [-0.2, -0.15) is 0 Å². The topological polar surface area (TPSA) is 118 Å². The van der Waals surface area contributed by atoms with Crippen LogP contribution >= 0.6 is 0 Å². The van der Waals surface area contributed by atoms with Crippen LogP contribution in [-0.4, -0.2) is 22.1 Å². The number of carbonyl (C=O) groups is 2. The summed E-state index contributed by atoms with van der Waals surface area (Å²) in [4.78, 5) is 21.1. The fraction of sp³-hybridized carbons (Fsp3) is 0.167. The minimum absolute atomic E-state index is 0.111. The first-order chi connectivity index (χ1) is 6.02. The molecule has 0 atom stereocenters. The summed E-state index contributed by atoms with van der Waals surface area (Å²) in [6, 6.07) is 0. The Labute approximate surface area is 72.5 Å². The van der Waals surface area contributed by atoms with Gasteiger partial charge in [0.2, 0.25) is 5.91 Å². The quantitative estimate of drug-likeness (QED) is 0.592. The number of aromatic nitrogens is 1. The van der Waals surface area contributed by atoms with E-state index >= 15 is 0 Å². The van der Waals surface area contributed by atoms with Crippen molar-refractivity contribution < 1.29 is 19.2 Å². The Morgan fingerprint density at radius 2 is 2.23 bits per heavy atom. The van der Waals surface area contributed by atoms with Crippen LogP contribution in [0.1, 0.15) is 17.5 Å². The van der Waals surface area contributed by atoms with Gasteiger partial charge in [-0.05, 0) is 0 Å². The Balaban J connectivity index is 3.08. The van der Waals surface area contributed by atoms with Crippen molar-refractivity contribution >= 4 is 23.4 Å². The van der Waals surface area contributed by atoms with Crippen molar-refractivity contribution in [1.82, 2.24) is 5.16 Å². The Bertz CT molecular complexity index is 357. The van der Waals surface area contributed by atoms with Gasteiger partial charge in [0.1, 0.15) is 5.69 Å². The molecule has 0 spiro atoms. The standard InChI is InChI=1S/C6H7N3O4/c1-2(10)8-3-4(6(11)12)13-9-5(3)7/h1H3,(H2,7,9)(H,8,10)(H,11,12). The average molecular weight is 185 g/mol. The van der Waals surface area contributed by atoms with Crippen LogP contribution in [0.3, 0.4) is 0 Å². The summed E-state index contributed by atoms with van der Waals surface area (Å²) in [5.41, 5.74) is 5.13.